The van der Waals surface area contributed by atoms with Gasteiger partial charge in [0.25, 0.3) is 0 Å². The van der Waals surface area contributed by atoms with Crippen molar-refractivity contribution < 1.29 is 13.2 Å². The van der Waals surface area contributed by atoms with Gasteiger partial charge in [0.15, 0.2) is 17.5 Å². The van der Waals surface area contributed by atoms with E-state index in [1.54, 1.807) is 7.05 Å². The van der Waals surface area contributed by atoms with Gasteiger partial charge in [-0.2, -0.15) is 0 Å². The van der Waals surface area contributed by atoms with Gasteiger partial charge in [-0.3, -0.25) is 0 Å². The summed E-state index contributed by atoms with van der Waals surface area (Å²) in [6.45, 7) is 2.06. The lowest BCUT2D eigenvalue weighted by Crippen LogP contribution is -2.21. The number of hydrogen-bond donors (Lipinski definition) is 1. The third-order valence-corrected chi connectivity index (χ3v) is 3.31. The average molecular weight is 229 g/mol. The Hall–Kier alpha value is -1.03. The summed E-state index contributed by atoms with van der Waals surface area (Å²) in [5.41, 5.74) is 0.218. The van der Waals surface area contributed by atoms with E-state index in [1.807, 2.05) is 0 Å². The van der Waals surface area contributed by atoms with Crippen molar-refractivity contribution in [3.05, 3.63) is 35.1 Å². The second-order valence-corrected chi connectivity index (χ2v) is 4.41. The largest absolute Gasteiger partial charge is 0.313 e. The minimum atomic E-state index is -1.38. The summed E-state index contributed by atoms with van der Waals surface area (Å²) >= 11 is 0. The zero-order valence-electron chi connectivity index (χ0n) is 9.23. The molecule has 0 spiro atoms. The van der Waals surface area contributed by atoms with Crippen molar-refractivity contribution in [2.75, 3.05) is 7.05 Å². The molecule has 3 atom stereocenters. The van der Waals surface area contributed by atoms with Crippen LogP contribution in [-0.2, 0) is 0 Å². The summed E-state index contributed by atoms with van der Waals surface area (Å²) in [4.78, 5) is 0. The average Bonchev–Trinajstić information content (AvgIpc) is 2.97. The zero-order chi connectivity index (χ0) is 11.9. The fourth-order valence-electron chi connectivity index (χ4n) is 2.20. The van der Waals surface area contributed by atoms with Crippen LogP contribution in [0.4, 0.5) is 13.2 Å². The van der Waals surface area contributed by atoms with Crippen molar-refractivity contribution in [1.82, 2.24) is 5.32 Å². The number of nitrogens with one attached hydrogen (secondary N) is 1. The molecule has 1 nitrogen and oxygen atoms in total. The van der Waals surface area contributed by atoms with Gasteiger partial charge in [0.05, 0.1) is 0 Å². The zero-order valence-corrected chi connectivity index (χ0v) is 9.23. The van der Waals surface area contributed by atoms with E-state index in [-0.39, 0.29) is 11.6 Å². The number of hydrogen-bond acceptors (Lipinski definition) is 1. The predicted octanol–water partition coefficient (Wildman–Crippen LogP) is 3.02. The van der Waals surface area contributed by atoms with Gasteiger partial charge in [-0.1, -0.05) is 13.0 Å². The first kappa shape index (κ1) is 11.5. The van der Waals surface area contributed by atoms with Gasteiger partial charge < -0.3 is 5.32 Å². The monoisotopic (exact) mass is 229 g/mol. The maximum Gasteiger partial charge on any atom is 0.194 e. The van der Waals surface area contributed by atoms with Crippen LogP contribution < -0.4 is 5.32 Å². The van der Waals surface area contributed by atoms with E-state index in [0.717, 1.165) is 12.5 Å². The van der Waals surface area contributed by atoms with Crippen LogP contribution in [0.1, 0.15) is 24.9 Å². The Balaban J connectivity index is 2.35. The molecular weight excluding hydrogens is 215 g/mol. The van der Waals surface area contributed by atoms with E-state index in [1.165, 1.54) is 6.07 Å². The first-order valence-corrected chi connectivity index (χ1v) is 5.37. The molecule has 0 radical (unpaired) electrons. The molecule has 1 aliphatic carbocycles. The van der Waals surface area contributed by atoms with Crippen LogP contribution in [0.25, 0.3) is 0 Å². The second-order valence-electron chi connectivity index (χ2n) is 4.41. The predicted molar refractivity (Wildman–Crippen MR) is 55.4 cm³/mol. The highest BCUT2D eigenvalue weighted by molar-refractivity contribution is 5.25. The van der Waals surface area contributed by atoms with Crippen molar-refractivity contribution in [3.8, 4) is 0 Å². The van der Waals surface area contributed by atoms with E-state index in [9.17, 15) is 13.2 Å². The Morgan fingerprint density at radius 2 is 1.88 bits per heavy atom. The van der Waals surface area contributed by atoms with Crippen molar-refractivity contribution in [1.29, 1.82) is 0 Å². The van der Waals surface area contributed by atoms with Gasteiger partial charge in [-0.15, -0.1) is 0 Å². The number of rotatable bonds is 3. The molecule has 1 aromatic rings. The lowest BCUT2D eigenvalue weighted by Gasteiger charge is -2.17. The Bertz CT molecular complexity index is 405. The Morgan fingerprint density at radius 1 is 1.25 bits per heavy atom. The lowest BCUT2D eigenvalue weighted by atomic mass is 10.0. The van der Waals surface area contributed by atoms with E-state index < -0.39 is 17.5 Å². The maximum atomic E-state index is 13.6. The highest BCUT2D eigenvalue weighted by Gasteiger charge is 2.40. The minimum absolute atomic E-state index is 0.218. The summed E-state index contributed by atoms with van der Waals surface area (Å²) in [7, 11) is 1.70. The van der Waals surface area contributed by atoms with Crippen LogP contribution in [0.3, 0.4) is 0 Å². The molecule has 1 fully saturated rings. The molecule has 88 valence electrons. The normalized spacial score (nSPS) is 25.6. The maximum absolute atomic E-state index is 13.6. The Kier molecular flexibility index (Phi) is 2.93. The molecule has 0 aromatic heterocycles. The van der Waals surface area contributed by atoms with Gasteiger partial charge in [-0.05, 0) is 31.4 Å². The molecule has 1 aromatic carbocycles. The number of benzene rings is 1. The molecule has 0 saturated heterocycles. The molecule has 1 saturated carbocycles. The Labute approximate surface area is 92.7 Å². The summed E-state index contributed by atoms with van der Waals surface area (Å²) in [5.74, 6) is -2.78. The standard InChI is InChI=1S/C12H14F3N/c1-6-5-8(6)12(16-2)7-3-4-9(13)11(15)10(7)14/h3-4,6,8,12,16H,5H2,1-2H3. The van der Waals surface area contributed by atoms with Crippen LogP contribution in [-0.4, -0.2) is 7.05 Å². The fraction of sp³-hybridized carbons (Fsp3) is 0.500. The first-order valence-electron chi connectivity index (χ1n) is 5.37. The molecule has 0 aliphatic heterocycles. The SMILES string of the molecule is CNC(c1ccc(F)c(F)c1F)C1CC1C. The van der Waals surface area contributed by atoms with Crippen LogP contribution in [0, 0.1) is 29.3 Å². The molecule has 0 bridgehead atoms. The van der Waals surface area contributed by atoms with Crippen LogP contribution >= 0.6 is 0 Å². The summed E-state index contributed by atoms with van der Waals surface area (Å²) < 4.78 is 39.4. The molecule has 16 heavy (non-hydrogen) atoms. The molecule has 0 amide bonds. The summed E-state index contributed by atoms with van der Waals surface area (Å²) in [5, 5.41) is 2.97. The van der Waals surface area contributed by atoms with E-state index in [2.05, 4.69) is 12.2 Å². The quantitative estimate of drug-likeness (QED) is 0.785. The van der Waals surface area contributed by atoms with Crippen molar-refractivity contribution >= 4 is 0 Å². The third-order valence-electron chi connectivity index (χ3n) is 3.31. The van der Waals surface area contributed by atoms with Crippen LogP contribution in [0.2, 0.25) is 0 Å². The molecule has 3 unspecified atom stereocenters. The Morgan fingerprint density at radius 3 is 2.38 bits per heavy atom. The minimum Gasteiger partial charge on any atom is -0.313 e. The van der Waals surface area contributed by atoms with Gasteiger partial charge in [-0.25, -0.2) is 13.2 Å². The van der Waals surface area contributed by atoms with Gasteiger partial charge in [0.2, 0.25) is 0 Å². The van der Waals surface area contributed by atoms with E-state index >= 15 is 0 Å². The van der Waals surface area contributed by atoms with E-state index in [4.69, 9.17) is 0 Å². The summed E-state index contributed by atoms with van der Waals surface area (Å²) in [6, 6.07) is 2.07. The van der Waals surface area contributed by atoms with E-state index in [0.29, 0.717) is 11.8 Å². The molecule has 1 N–H and O–H groups in total. The smallest absolute Gasteiger partial charge is 0.194 e. The van der Waals surface area contributed by atoms with Gasteiger partial charge in [0.1, 0.15) is 0 Å². The molecule has 0 heterocycles. The highest BCUT2D eigenvalue weighted by atomic mass is 19.2. The topological polar surface area (TPSA) is 12.0 Å². The highest BCUT2D eigenvalue weighted by Crippen LogP contribution is 2.47. The number of halogens is 3. The van der Waals surface area contributed by atoms with Crippen LogP contribution in [0.5, 0.6) is 0 Å². The molecule has 1 aliphatic rings. The fourth-order valence-corrected chi connectivity index (χ4v) is 2.20. The van der Waals surface area contributed by atoms with Crippen LogP contribution in [0.15, 0.2) is 12.1 Å². The first-order chi connectivity index (χ1) is 7.56. The molecule has 4 heteroatoms. The lowest BCUT2D eigenvalue weighted by molar-refractivity contribution is 0.416. The molecule has 2 rings (SSSR count). The van der Waals surface area contributed by atoms with Gasteiger partial charge in [0, 0.05) is 11.6 Å². The third kappa shape index (κ3) is 1.82. The van der Waals surface area contributed by atoms with Crippen molar-refractivity contribution in [2.24, 2.45) is 11.8 Å². The summed E-state index contributed by atoms with van der Waals surface area (Å²) in [6.07, 6.45) is 0.990. The van der Waals surface area contributed by atoms with Crippen molar-refractivity contribution in [3.63, 3.8) is 0 Å². The van der Waals surface area contributed by atoms with Crippen molar-refractivity contribution in [2.45, 2.75) is 19.4 Å². The van der Waals surface area contributed by atoms with Gasteiger partial charge >= 0.3 is 0 Å². The molecular formula is C12H14F3N. The second kappa shape index (κ2) is 4.09.